The van der Waals surface area contributed by atoms with Gasteiger partial charge in [-0.15, -0.1) is 0 Å². The van der Waals surface area contributed by atoms with Crippen LogP contribution >= 0.6 is 0 Å². The molecule has 0 unspecified atom stereocenters. The van der Waals surface area contributed by atoms with Gasteiger partial charge in [-0.2, -0.15) is 4.57 Å². The van der Waals surface area contributed by atoms with Crippen LogP contribution in [0.5, 0.6) is 11.5 Å². The number of pyridine rings is 1. The summed E-state index contributed by atoms with van der Waals surface area (Å²) in [7, 11) is 3.40. The maximum absolute atomic E-state index is 5.61. The number of rotatable bonds is 9. The third-order valence-electron chi connectivity index (χ3n) is 6.09. The Morgan fingerprint density at radius 3 is 2.09 bits per heavy atom. The first kappa shape index (κ1) is 26.0. The molecule has 3 rings (SSSR count). The zero-order chi connectivity index (χ0) is 22.4. The van der Waals surface area contributed by atoms with Crippen molar-refractivity contribution >= 4 is 10.8 Å². The first-order valence-corrected chi connectivity index (χ1v) is 11.5. The van der Waals surface area contributed by atoms with Gasteiger partial charge in [-0.25, -0.2) is 0 Å². The van der Waals surface area contributed by atoms with Crippen LogP contribution in [0.4, 0.5) is 0 Å². The van der Waals surface area contributed by atoms with Crippen LogP contribution in [0.2, 0.25) is 0 Å². The predicted molar refractivity (Wildman–Crippen MR) is 129 cm³/mol. The summed E-state index contributed by atoms with van der Waals surface area (Å²) < 4.78 is 13.6. The quantitative estimate of drug-likeness (QED) is 0.363. The van der Waals surface area contributed by atoms with Gasteiger partial charge in [0, 0.05) is 18.1 Å². The van der Waals surface area contributed by atoms with Crippen LogP contribution in [0.25, 0.3) is 10.8 Å². The van der Waals surface area contributed by atoms with Crippen molar-refractivity contribution in [2.75, 3.05) is 14.2 Å². The molecule has 0 aliphatic carbocycles. The summed E-state index contributed by atoms with van der Waals surface area (Å²) in [5, 5.41) is 2.45. The normalized spacial score (nSPS) is 11.3. The number of fused-ring (bicyclic) bond motifs is 1. The van der Waals surface area contributed by atoms with E-state index < -0.39 is 0 Å². The lowest BCUT2D eigenvalue weighted by Crippen LogP contribution is -3.00. The molecular weight excluding hydrogens is 418 g/mol. The Morgan fingerprint density at radius 2 is 1.50 bits per heavy atom. The maximum atomic E-state index is 5.61. The first-order valence-electron chi connectivity index (χ1n) is 11.5. The van der Waals surface area contributed by atoms with Crippen molar-refractivity contribution in [1.29, 1.82) is 0 Å². The maximum Gasteiger partial charge on any atom is 0.189 e. The molecule has 0 atom stereocenters. The lowest BCUT2D eigenvalue weighted by atomic mass is 9.87. The smallest absolute Gasteiger partial charge is 0.189 e. The van der Waals surface area contributed by atoms with Gasteiger partial charge in [-0.1, -0.05) is 71.2 Å². The first-order chi connectivity index (χ1) is 14.9. The average molecular weight is 456 g/mol. The Kier molecular flexibility index (Phi) is 9.39. The van der Waals surface area contributed by atoms with Crippen molar-refractivity contribution in [2.45, 2.75) is 71.8 Å². The van der Waals surface area contributed by atoms with Gasteiger partial charge in [-0.05, 0) is 34.9 Å². The summed E-state index contributed by atoms with van der Waals surface area (Å²) in [6.45, 7) is 9.91. The Labute approximate surface area is 200 Å². The standard InChI is InChI=1S/C28H38NO2.ClH/c1-7-8-9-10-11-25-24-19-27(31-6)26(30-5)18-22(24)16-17-29(25)20-21-12-14-23(15-13-21)28(2,3)4;/h12-19H,7-11,20H2,1-6H3;1H/q+1;/p-1. The van der Waals surface area contributed by atoms with E-state index in [4.69, 9.17) is 9.47 Å². The van der Waals surface area contributed by atoms with Gasteiger partial charge < -0.3 is 21.9 Å². The number of hydrogen-bond donors (Lipinski definition) is 0. The summed E-state index contributed by atoms with van der Waals surface area (Å²) in [5.41, 5.74) is 4.24. The minimum atomic E-state index is 0. The minimum Gasteiger partial charge on any atom is -1.00 e. The molecule has 3 nitrogen and oxygen atoms in total. The molecule has 0 fully saturated rings. The molecule has 0 N–H and O–H groups in total. The van der Waals surface area contributed by atoms with Crippen LogP contribution in [-0.2, 0) is 18.4 Å². The summed E-state index contributed by atoms with van der Waals surface area (Å²) in [6.07, 6.45) is 8.29. The van der Waals surface area contributed by atoms with E-state index in [0.29, 0.717) is 0 Å². The molecule has 0 aliphatic heterocycles. The molecule has 2 aromatic carbocycles. The van der Waals surface area contributed by atoms with Gasteiger partial charge in [0.25, 0.3) is 0 Å². The van der Waals surface area contributed by atoms with Crippen molar-refractivity contribution in [3.8, 4) is 11.5 Å². The van der Waals surface area contributed by atoms with Gasteiger partial charge in [0.05, 0.1) is 19.6 Å². The fourth-order valence-electron chi connectivity index (χ4n) is 4.15. The molecule has 32 heavy (non-hydrogen) atoms. The zero-order valence-corrected chi connectivity index (χ0v) is 21.3. The lowest BCUT2D eigenvalue weighted by molar-refractivity contribution is -0.694. The second kappa shape index (κ2) is 11.6. The molecule has 0 aliphatic rings. The average Bonchev–Trinajstić information content (AvgIpc) is 2.76. The van der Waals surface area contributed by atoms with Crippen LogP contribution < -0.4 is 26.4 Å². The van der Waals surface area contributed by atoms with Gasteiger partial charge in [0.1, 0.15) is 0 Å². The summed E-state index contributed by atoms with van der Waals surface area (Å²) >= 11 is 0. The number of aromatic nitrogens is 1. The molecule has 0 saturated heterocycles. The SMILES string of the molecule is CCCCCCc1c2cc(OC)c(OC)cc2cc[n+]1Cc1ccc(C(C)(C)C)cc1.[Cl-]. The number of benzene rings is 2. The van der Waals surface area contributed by atoms with E-state index in [9.17, 15) is 0 Å². The van der Waals surface area contributed by atoms with E-state index >= 15 is 0 Å². The highest BCUT2D eigenvalue weighted by molar-refractivity contribution is 5.87. The van der Waals surface area contributed by atoms with E-state index in [1.54, 1.807) is 14.2 Å². The lowest BCUT2D eigenvalue weighted by Gasteiger charge is -2.19. The third kappa shape index (κ3) is 6.16. The Balaban J connectivity index is 0.00000363. The molecule has 1 aromatic heterocycles. The molecule has 0 saturated carbocycles. The molecule has 0 bridgehead atoms. The monoisotopic (exact) mass is 455 g/mol. The van der Waals surface area contributed by atoms with E-state index in [2.05, 4.69) is 80.9 Å². The molecule has 1 heterocycles. The van der Waals surface area contributed by atoms with Crippen LogP contribution in [0, 0.1) is 0 Å². The van der Waals surface area contributed by atoms with E-state index in [-0.39, 0.29) is 17.8 Å². The predicted octanol–water partition coefficient (Wildman–Crippen LogP) is 3.62. The molecular formula is C28H38ClNO2. The van der Waals surface area contributed by atoms with Crippen molar-refractivity contribution < 1.29 is 26.4 Å². The van der Waals surface area contributed by atoms with Crippen LogP contribution in [0.15, 0.2) is 48.7 Å². The highest BCUT2D eigenvalue weighted by Gasteiger charge is 2.19. The van der Waals surface area contributed by atoms with Gasteiger partial charge in [-0.3, -0.25) is 0 Å². The summed E-state index contributed by atoms with van der Waals surface area (Å²) in [6, 6.07) is 15.5. The Bertz CT molecular complexity index is 1010. The number of halogens is 1. The van der Waals surface area contributed by atoms with Gasteiger partial charge in [0.15, 0.2) is 29.9 Å². The Morgan fingerprint density at radius 1 is 0.844 bits per heavy atom. The van der Waals surface area contributed by atoms with E-state index in [1.807, 2.05) is 0 Å². The Hall–Kier alpha value is -2.26. The van der Waals surface area contributed by atoms with Crippen LogP contribution in [-0.4, -0.2) is 14.2 Å². The number of aryl methyl sites for hydroxylation is 1. The molecule has 0 amide bonds. The molecule has 0 radical (unpaired) electrons. The summed E-state index contributed by atoms with van der Waals surface area (Å²) in [5.74, 6) is 1.57. The van der Waals surface area contributed by atoms with Crippen molar-refractivity contribution in [1.82, 2.24) is 0 Å². The van der Waals surface area contributed by atoms with Gasteiger partial charge in [0.2, 0.25) is 0 Å². The molecule has 3 aromatic rings. The molecule has 0 spiro atoms. The number of ether oxygens (including phenoxy) is 2. The fraction of sp³-hybridized carbons (Fsp3) is 0.464. The summed E-state index contributed by atoms with van der Waals surface area (Å²) in [4.78, 5) is 0. The highest BCUT2D eigenvalue weighted by Crippen LogP contribution is 2.33. The zero-order valence-electron chi connectivity index (χ0n) is 20.5. The second-order valence-electron chi connectivity index (χ2n) is 9.44. The van der Waals surface area contributed by atoms with Crippen molar-refractivity contribution in [3.63, 3.8) is 0 Å². The van der Waals surface area contributed by atoms with Crippen molar-refractivity contribution in [2.24, 2.45) is 0 Å². The number of unbranched alkanes of at least 4 members (excludes halogenated alkanes) is 3. The molecule has 4 heteroatoms. The third-order valence-corrected chi connectivity index (χ3v) is 6.09. The number of methoxy groups -OCH3 is 2. The van der Waals surface area contributed by atoms with E-state index in [1.165, 1.54) is 53.3 Å². The van der Waals surface area contributed by atoms with E-state index in [0.717, 1.165) is 24.5 Å². The van der Waals surface area contributed by atoms with Crippen LogP contribution in [0.3, 0.4) is 0 Å². The van der Waals surface area contributed by atoms with Gasteiger partial charge >= 0.3 is 0 Å². The fourth-order valence-corrected chi connectivity index (χ4v) is 4.15. The number of hydrogen-bond acceptors (Lipinski definition) is 2. The largest absolute Gasteiger partial charge is 1.00 e. The van der Waals surface area contributed by atoms with Crippen LogP contribution in [0.1, 0.15) is 70.2 Å². The minimum absolute atomic E-state index is 0. The molecule has 174 valence electrons. The second-order valence-corrected chi connectivity index (χ2v) is 9.44. The topological polar surface area (TPSA) is 22.3 Å². The van der Waals surface area contributed by atoms with Crippen molar-refractivity contribution in [3.05, 3.63) is 65.5 Å². The number of nitrogens with zero attached hydrogens (tertiary/aromatic N) is 1. The highest BCUT2D eigenvalue weighted by atomic mass is 35.5.